The maximum absolute atomic E-state index is 9.55. The number of allylic oxidation sites excluding steroid dienone is 3. The Labute approximate surface area is 129 Å². The zero-order valence-electron chi connectivity index (χ0n) is 12.5. The second kappa shape index (κ2) is 7.73. The number of rotatable bonds is 2. The largest absolute Gasteiger partial charge is 0.478 e. The second-order valence-electron chi connectivity index (χ2n) is 5.62. The fraction of sp³-hybridized carbons (Fsp3) is 0.471. The fourth-order valence-corrected chi connectivity index (χ4v) is 2.94. The molecule has 0 bridgehead atoms. The van der Waals surface area contributed by atoms with E-state index in [0.29, 0.717) is 18.2 Å². The van der Waals surface area contributed by atoms with Crippen LogP contribution in [0.25, 0.3) is 0 Å². The first-order valence-corrected chi connectivity index (χ1v) is 7.68. The van der Waals surface area contributed by atoms with Gasteiger partial charge < -0.3 is 10.2 Å². The molecule has 5 heteroatoms. The van der Waals surface area contributed by atoms with Crippen molar-refractivity contribution < 1.29 is 19.8 Å². The lowest BCUT2D eigenvalue weighted by Crippen LogP contribution is -2.22. The summed E-state index contributed by atoms with van der Waals surface area (Å²) in [6, 6.07) is 0.564. The molecule has 3 rings (SSSR count). The summed E-state index contributed by atoms with van der Waals surface area (Å²) in [6.45, 7) is 0. The van der Waals surface area contributed by atoms with Crippen molar-refractivity contribution >= 4 is 17.7 Å². The van der Waals surface area contributed by atoms with E-state index in [2.05, 4.69) is 12.2 Å². The van der Waals surface area contributed by atoms with Crippen LogP contribution in [0, 0.1) is 0 Å². The lowest BCUT2D eigenvalue weighted by atomic mass is 9.83. The van der Waals surface area contributed by atoms with Crippen LogP contribution >= 0.6 is 0 Å². The average molecular weight is 303 g/mol. The van der Waals surface area contributed by atoms with Crippen LogP contribution in [-0.4, -0.2) is 33.9 Å². The average Bonchev–Trinajstić information content (AvgIpc) is 2.51. The molecule has 0 aromatic carbocycles. The Balaban J connectivity index is 0.000000192. The fourth-order valence-electron chi connectivity index (χ4n) is 2.94. The van der Waals surface area contributed by atoms with Crippen LogP contribution in [0.5, 0.6) is 0 Å². The predicted molar refractivity (Wildman–Crippen MR) is 84.1 cm³/mol. The number of aliphatic imine (C=N–C) groups is 1. The van der Waals surface area contributed by atoms with Crippen LogP contribution in [0.3, 0.4) is 0 Å². The van der Waals surface area contributed by atoms with Gasteiger partial charge in [0.05, 0.1) is 6.04 Å². The molecule has 1 unspecified atom stereocenters. The molecule has 22 heavy (non-hydrogen) atoms. The third kappa shape index (κ3) is 4.69. The van der Waals surface area contributed by atoms with Gasteiger partial charge in [0.15, 0.2) is 0 Å². The van der Waals surface area contributed by atoms with Gasteiger partial charge in [-0.1, -0.05) is 18.6 Å². The van der Waals surface area contributed by atoms with Gasteiger partial charge >= 0.3 is 11.9 Å². The summed E-state index contributed by atoms with van der Waals surface area (Å²) in [7, 11) is 0. The zero-order valence-corrected chi connectivity index (χ0v) is 12.5. The molecule has 3 aliphatic rings. The minimum Gasteiger partial charge on any atom is -0.478 e. The molecular formula is C17H21NO4. The number of carboxylic acids is 2. The first-order chi connectivity index (χ1) is 10.6. The van der Waals surface area contributed by atoms with E-state index in [0.717, 1.165) is 0 Å². The molecule has 118 valence electrons. The van der Waals surface area contributed by atoms with E-state index < -0.39 is 11.9 Å². The highest BCUT2D eigenvalue weighted by atomic mass is 16.4. The van der Waals surface area contributed by atoms with Crippen molar-refractivity contribution in [3.63, 3.8) is 0 Å². The zero-order chi connectivity index (χ0) is 15.9. The molecule has 2 aliphatic carbocycles. The Morgan fingerprint density at radius 1 is 1.09 bits per heavy atom. The molecule has 1 fully saturated rings. The van der Waals surface area contributed by atoms with E-state index in [1.165, 1.54) is 56.2 Å². The van der Waals surface area contributed by atoms with Crippen LogP contribution in [0.2, 0.25) is 0 Å². The number of hydrogen-bond donors (Lipinski definition) is 2. The van der Waals surface area contributed by atoms with Crippen LogP contribution in [0.1, 0.15) is 44.9 Å². The van der Waals surface area contributed by atoms with Gasteiger partial charge in [-0.3, -0.25) is 4.99 Å². The number of hydrogen-bond acceptors (Lipinski definition) is 3. The molecule has 0 spiro atoms. The number of fused-ring (bicyclic) bond motifs is 2. The molecule has 5 nitrogen and oxygen atoms in total. The van der Waals surface area contributed by atoms with Gasteiger partial charge in [-0.05, 0) is 49.7 Å². The monoisotopic (exact) mass is 303 g/mol. The molecule has 0 aromatic heterocycles. The van der Waals surface area contributed by atoms with E-state index in [4.69, 9.17) is 15.2 Å². The molecule has 2 N–H and O–H groups in total. The van der Waals surface area contributed by atoms with Crippen molar-refractivity contribution in [3.8, 4) is 0 Å². The first-order valence-electron chi connectivity index (χ1n) is 7.68. The SMILES string of the molecule is C1=C2C=C3CCCCC3N=C2CCC1.O=C(O)/C=C\C(=O)O. The van der Waals surface area contributed by atoms with Crippen molar-refractivity contribution in [2.45, 2.75) is 51.0 Å². The highest BCUT2D eigenvalue weighted by Gasteiger charge is 2.24. The van der Waals surface area contributed by atoms with Crippen LogP contribution in [-0.2, 0) is 9.59 Å². The quantitative estimate of drug-likeness (QED) is 0.767. The molecule has 0 radical (unpaired) electrons. The van der Waals surface area contributed by atoms with E-state index in [-0.39, 0.29) is 0 Å². The minimum atomic E-state index is -1.26. The summed E-state index contributed by atoms with van der Waals surface area (Å²) in [5.74, 6) is -2.51. The Morgan fingerprint density at radius 2 is 1.82 bits per heavy atom. The van der Waals surface area contributed by atoms with Gasteiger partial charge in [0, 0.05) is 17.9 Å². The Kier molecular flexibility index (Phi) is 5.69. The second-order valence-corrected chi connectivity index (χ2v) is 5.62. The van der Waals surface area contributed by atoms with Gasteiger partial charge in [0.25, 0.3) is 0 Å². The number of carboxylic acid groups (broad SMARTS) is 2. The van der Waals surface area contributed by atoms with Gasteiger partial charge in [-0.2, -0.15) is 0 Å². The van der Waals surface area contributed by atoms with Crippen molar-refractivity contribution in [2.75, 3.05) is 0 Å². The third-order valence-corrected chi connectivity index (χ3v) is 3.96. The topological polar surface area (TPSA) is 87.0 Å². The van der Waals surface area contributed by atoms with Crippen LogP contribution < -0.4 is 0 Å². The summed E-state index contributed by atoms with van der Waals surface area (Å²) in [5.41, 5.74) is 4.45. The summed E-state index contributed by atoms with van der Waals surface area (Å²) >= 11 is 0. The third-order valence-electron chi connectivity index (χ3n) is 3.96. The van der Waals surface area contributed by atoms with Gasteiger partial charge in [-0.15, -0.1) is 0 Å². The van der Waals surface area contributed by atoms with Crippen molar-refractivity contribution in [2.24, 2.45) is 4.99 Å². The van der Waals surface area contributed by atoms with Crippen LogP contribution in [0.15, 0.2) is 40.4 Å². The smallest absolute Gasteiger partial charge is 0.328 e. The molecule has 1 atom stereocenters. The Morgan fingerprint density at radius 3 is 2.50 bits per heavy atom. The van der Waals surface area contributed by atoms with Crippen LogP contribution in [0.4, 0.5) is 0 Å². The van der Waals surface area contributed by atoms with Gasteiger partial charge in [-0.25, -0.2) is 9.59 Å². The molecule has 0 amide bonds. The molecule has 1 aliphatic heterocycles. The Hall–Kier alpha value is -2.17. The lowest BCUT2D eigenvalue weighted by Gasteiger charge is -2.29. The first kappa shape index (κ1) is 16.2. The number of nitrogens with zero attached hydrogens (tertiary/aromatic N) is 1. The summed E-state index contributed by atoms with van der Waals surface area (Å²) in [4.78, 5) is 24.0. The predicted octanol–water partition coefficient (Wildman–Crippen LogP) is 3.13. The number of aliphatic carboxylic acids is 2. The normalized spacial score (nSPS) is 23.1. The Bertz CT molecular complexity index is 553. The molecule has 0 saturated heterocycles. The molecule has 1 heterocycles. The lowest BCUT2D eigenvalue weighted by molar-refractivity contribution is -0.134. The summed E-state index contributed by atoms with van der Waals surface area (Å²) in [5, 5.41) is 15.6. The number of dihydropyridines is 1. The van der Waals surface area contributed by atoms with E-state index in [9.17, 15) is 9.59 Å². The number of carbonyl (C=O) groups is 2. The molecular weight excluding hydrogens is 282 g/mol. The molecule has 0 aromatic rings. The summed E-state index contributed by atoms with van der Waals surface area (Å²) < 4.78 is 0. The van der Waals surface area contributed by atoms with Gasteiger partial charge in [0.2, 0.25) is 0 Å². The van der Waals surface area contributed by atoms with Crippen molar-refractivity contribution in [3.05, 3.63) is 35.5 Å². The van der Waals surface area contributed by atoms with E-state index in [1.807, 2.05) is 0 Å². The minimum absolute atomic E-state index is 0.558. The molecule has 1 saturated carbocycles. The standard InChI is InChI=1S/C13H17N.C4H4O4/c1-3-7-12-10(5-1)9-11-6-2-4-8-13(11)14-12;5-3(6)1-2-4(7)8/h5,9,13H,1-4,6-8H2;1-2H,(H,5,6)(H,7,8)/b;2-1-. The highest BCUT2D eigenvalue weighted by molar-refractivity contribution is 6.04. The van der Waals surface area contributed by atoms with E-state index in [1.54, 1.807) is 5.57 Å². The highest BCUT2D eigenvalue weighted by Crippen LogP contribution is 2.33. The van der Waals surface area contributed by atoms with Crippen molar-refractivity contribution in [1.29, 1.82) is 0 Å². The maximum atomic E-state index is 9.55. The van der Waals surface area contributed by atoms with Crippen molar-refractivity contribution in [1.82, 2.24) is 0 Å². The van der Waals surface area contributed by atoms with Gasteiger partial charge in [0.1, 0.15) is 0 Å². The maximum Gasteiger partial charge on any atom is 0.328 e. The summed E-state index contributed by atoms with van der Waals surface area (Å²) in [6.07, 6.45) is 15.0. The van der Waals surface area contributed by atoms with E-state index >= 15 is 0 Å².